The van der Waals surface area contributed by atoms with E-state index in [1.807, 2.05) is 6.20 Å². The molecule has 2 atom stereocenters. The van der Waals surface area contributed by atoms with Crippen molar-refractivity contribution in [2.24, 2.45) is 4.99 Å². The molecule has 3 heteroatoms. The second-order valence-corrected chi connectivity index (χ2v) is 3.37. The Bertz CT molecular complexity index is 292. The van der Waals surface area contributed by atoms with Crippen LogP contribution in [0, 0.1) is 0 Å². The number of aliphatic hydroxyl groups excluding tert-OH is 1. The van der Waals surface area contributed by atoms with Crippen LogP contribution >= 0.6 is 0 Å². The van der Waals surface area contributed by atoms with Gasteiger partial charge < -0.3 is 5.11 Å². The third-order valence-corrected chi connectivity index (χ3v) is 2.46. The number of quaternary nitrogens is 1. The van der Waals surface area contributed by atoms with Crippen LogP contribution in [0.4, 0.5) is 0 Å². The summed E-state index contributed by atoms with van der Waals surface area (Å²) < 4.78 is 0.357. The Morgan fingerprint density at radius 1 is 1.57 bits per heavy atom. The Hall–Kier alpha value is -1.19. The molecule has 76 valence electrons. The topological polar surface area (TPSA) is 32.6 Å². The first-order chi connectivity index (χ1) is 6.67. The van der Waals surface area contributed by atoms with E-state index in [4.69, 9.17) is 0 Å². The number of rotatable bonds is 5. The van der Waals surface area contributed by atoms with Crippen molar-refractivity contribution in [3.8, 4) is 0 Å². The molecule has 0 aromatic rings. The van der Waals surface area contributed by atoms with Crippen molar-refractivity contribution < 1.29 is 9.59 Å². The zero-order valence-corrected chi connectivity index (χ0v) is 8.56. The van der Waals surface area contributed by atoms with Crippen molar-refractivity contribution in [3.05, 3.63) is 37.7 Å². The Kier molecular flexibility index (Phi) is 3.38. The first-order valence-corrected chi connectivity index (χ1v) is 4.69. The third kappa shape index (κ3) is 1.69. The normalized spacial score (nSPS) is 27.1. The van der Waals surface area contributed by atoms with E-state index in [9.17, 15) is 5.11 Å². The maximum absolute atomic E-state index is 9.79. The molecule has 3 nitrogen and oxygen atoms in total. The highest BCUT2D eigenvalue weighted by Crippen LogP contribution is 2.22. The average Bonchev–Trinajstić information content (AvgIpc) is 2.51. The molecule has 0 saturated heterocycles. The molecule has 0 amide bonds. The summed E-state index contributed by atoms with van der Waals surface area (Å²) in [4.78, 5) is 4.25. The number of amidine groups is 1. The molecule has 1 rings (SSSR count). The van der Waals surface area contributed by atoms with E-state index in [0.29, 0.717) is 17.4 Å². The highest BCUT2D eigenvalue weighted by Gasteiger charge is 2.37. The molecule has 0 spiro atoms. The molecule has 0 saturated carbocycles. The minimum Gasteiger partial charge on any atom is -0.344 e. The largest absolute Gasteiger partial charge is 0.344 e. The zero-order chi connectivity index (χ0) is 10.6. The maximum atomic E-state index is 9.79. The van der Waals surface area contributed by atoms with Gasteiger partial charge in [-0.15, -0.1) is 6.58 Å². The van der Waals surface area contributed by atoms with Gasteiger partial charge in [-0.25, -0.2) is 9.48 Å². The molecule has 0 aromatic carbocycles. The van der Waals surface area contributed by atoms with E-state index in [-0.39, 0.29) is 0 Å². The second kappa shape index (κ2) is 4.35. The first-order valence-electron chi connectivity index (χ1n) is 4.69. The van der Waals surface area contributed by atoms with Crippen LogP contribution in [0.2, 0.25) is 0 Å². The Labute approximate surface area is 85.0 Å². The van der Waals surface area contributed by atoms with Gasteiger partial charge in [0, 0.05) is 6.92 Å². The summed E-state index contributed by atoms with van der Waals surface area (Å²) in [5.41, 5.74) is 0. The van der Waals surface area contributed by atoms with Crippen LogP contribution in [0.3, 0.4) is 0 Å². The van der Waals surface area contributed by atoms with Crippen LogP contribution in [0.1, 0.15) is 13.3 Å². The highest BCUT2D eigenvalue weighted by atomic mass is 16.3. The van der Waals surface area contributed by atoms with E-state index < -0.39 is 6.23 Å². The second-order valence-electron chi connectivity index (χ2n) is 3.37. The molecule has 2 unspecified atom stereocenters. The Balaban J connectivity index is 2.97. The fourth-order valence-electron chi connectivity index (χ4n) is 1.66. The van der Waals surface area contributed by atoms with Crippen LogP contribution in [0.5, 0.6) is 0 Å². The molecule has 0 radical (unpaired) electrons. The van der Waals surface area contributed by atoms with Crippen molar-refractivity contribution in [1.82, 2.24) is 0 Å². The Morgan fingerprint density at radius 2 is 2.29 bits per heavy atom. The summed E-state index contributed by atoms with van der Waals surface area (Å²) in [6.07, 6.45) is 7.39. The highest BCUT2D eigenvalue weighted by molar-refractivity contribution is 5.79. The van der Waals surface area contributed by atoms with Gasteiger partial charge in [0.2, 0.25) is 5.84 Å². The minimum atomic E-state index is -0.509. The van der Waals surface area contributed by atoms with Crippen molar-refractivity contribution in [2.45, 2.75) is 19.6 Å². The number of nitrogens with zero attached hydrogens (tertiary/aromatic N) is 2. The molecule has 0 aliphatic carbocycles. The van der Waals surface area contributed by atoms with E-state index in [1.54, 1.807) is 25.3 Å². The van der Waals surface area contributed by atoms with E-state index in [0.717, 1.165) is 5.84 Å². The molecule has 1 aliphatic rings. The lowest BCUT2D eigenvalue weighted by Crippen LogP contribution is -2.52. The van der Waals surface area contributed by atoms with Gasteiger partial charge in [-0.05, 0) is 6.08 Å². The fourth-order valence-corrected chi connectivity index (χ4v) is 1.66. The average molecular weight is 193 g/mol. The zero-order valence-electron chi connectivity index (χ0n) is 8.56. The van der Waals surface area contributed by atoms with Gasteiger partial charge in [0.15, 0.2) is 6.23 Å². The molecule has 0 bridgehead atoms. The lowest BCUT2D eigenvalue weighted by atomic mass is 10.2. The molecular formula is C11H17N2O+. The number of aliphatic hydroxyl groups is 1. The predicted octanol–water partition coefficient (Wildman–Crippen LogP) is 1.79. The molecule has 0 aromatic heterocycles. The quantitative estimate of drug-likeness (QED) is 0.524. The first kappa shape index (κ1) is 10.9. The van der Waals surface area contributed by atoms with Crippen molar-refractivity contribution in [1.29, 1.82) is 0 Å². The van der Waals surface area contributed by atoms with E-state index in [1.165, 1.54) is 0 Å². The third-order valence-electron chi connectivity index (χ3n) is 2.46. The van der Waals surface area contributed by atoms with Crippen LogP contribution in [-0.2, 0) is 0 Å². The van der Waals surface area contributed by atoms with E-state index in [2.05, 4.69) is 18.2 Å². The summed E-state index contributed by atoms with van der Waals surface area (Å²) in [6.45, 7) is 9.80. The summed E-state index contributed by atoms with van der Waals surface area (Å²) in [5, 5.41) is 9.79. The van der Waals surface area contributed by atoms with Gasteiger partial charge in [-0.2, -0.15) is 0 Å². The SMILES string of the molecule is C=CCC1=NC=C[N+]1(CC=C)C(C)O. The standard InChI is InChI=1S/C11H17N2O/c1-4-6-11-12-7-9-13(11,8-5-2)10(3)14/h4-5,7,9-10,14H,1-2,6,8H2,3H3/q+1. The van der Waals surface area contributed by atoms with Gasteiger partial charge >= 0.3 is 0 Å². The summed E-state index contributed by atoms with van der Waals surface area (Å²) >= 11 is 0. The monoisotopic (exact) mass is 193 g/mol. The lowest BCUT2D eigenvalue weighted by molar-refractivity contribution is -0.833. The fraction of sp³-hybridized carbons (Fsp3) is 0.364. The van der Waals surface area contributed by atoms with E-state index >= 15 is 0 Å². The van der Waals surface area contributed by atoms with Crippen LogP contribution in [0.25, 0.3) is 0 Å². The molecular weight excluding hydrogens is 176 g/mol. The molecule has 1 N–H and O–H groups in total. The van der Waals surface area contributed by atoms with Gasteiger partial charge in [0.1, 0.15) is 12.7 Å². The maximum Gasteiger partial charge on any atom is 0.213 e. The number of hydrogen-bond donors (Lipinski definition) is 1. The molecule has 1 heterocycles. The number of hydrogen-bond acceptors (Lipinski definition) is 2. The van der Waals surface area contributed by atoms with Gasteiger partial charge in [0.25, 0.3) is 0 Å². The van der Waals surface area contributed by atoms with Crippen LogP contribution in [-0.4, -0.2) is 28.2 Å². The summed E-state index contributed by atoms with van der Waals surface area (Å²) in [7, 11) is 0. The number of aliphatic imine (C=N–C) groups is 1. The van der Waals surface area contributed by atoms with Gasteiger partial charge in [-0.1, -0.05) is 12.7 Å². The van der Waals surface area contributed by atoms with Gasteiger partial charge in [-0.3, -0.25) is 0 Å². The summed E-state index contributed by atoms with van der Waals surface area (Å²) in [6, 6.07) is 0. The van der Waals surface area contributed by atoms with Gasteiger partial charge in [0.05, 0.1) is 12.6 Å². The van der Waals surface area contributed by atoms with Crippen LogP contribution in [0.15, 0.2) is 42.7 Å². The van der Waals surface area contributed by atoms with Crippen molar-refractivity contribution in [2.75, 3.05) is 6.54 Å². The smallest absolute Gasteiger partial charge is 0.213 e. The Morgan fingerprint density at radius 3 is 2.79 bits per heavy atom. The van der Waals surface area contributed by atoms with Crippen molar-refractivity contribution >= 4 is 5.84 Å². The summed E-state index contributed by atoms with van der Waals surface area (Å²) in [5.74, 6) is 0.912. The molecule has 1 aliphatic heterocycles. The molecule has 0 fully saturated rings. The molecule has 14 heavy (non-hydrogen) atoms. The van der Waals surface area contributed by atoms with Crippen LogP contribution < -0.4 is 0 Å². The minimum absolute atomic E-state index is 0.357. The predicted molar refractivity (Wildman–Crippen MR) is 58.4 cm³/mol. The van der Waals surface area contributed by atoms with Crippen molar-refractivity contribution in [3.63, 3.8) is 0 Å². The lowest BCUT2D eigenvalue weighted by Gasteiger charge is -2.33.